The lowest BCUT2D eigenvalue weighted by molar-refractivity contribution is -0.143. The highest BCUT2D eigenvalue weighted by molar-refractivity contribution is 5.92. The molecule has 1 atom stereocenters. The normalized spacial score (nSPS) is 21.0. The molecule has 0 aromatic heterocycles. The fourth-order valence-electron chi connectivity index (χ4n) is 7.61. The molecule has 1 unspecified atom stereocenters. The van der Waals surface area contributed by atoms with Gasteiger partial charge in [-0.25, -0.2) is 4.79 Å². The summed E-state index contributed by atoms with van der Waals surface area (Å²) in [5, 5.41) is 3.02. The third-order valence-corrected chi connectivity index (χ3v) is 10.2. The van der Waals surface area contributed by atoms with Crippen LogP contribution in [0.25, 0.3) is 0 Å². The molecule has 9 heteroatoms. The van der Waals surface area contributed by atoms with Gasteiger partial charge < -0.3 is 29.7 Å². The van der Waals surface area contributed by atoms with Crippen LogP contribution in [-0.2, 0) is 22.6 Å². The zero-order chi connectivity index (χ0) is 30.5. The van der Waals surface area contributed by atoms with Crippen LogP contribution in [0.15, 0.2) is 48.5 Å². The average molecular weight is 602 g/mol. The molecular formula is C35H47N5O4. The van der Waals surface area contributed by atoms with Gasteiger partial charge in [0.25, 0.3) is 0 Å². The number of ether oxygens (including phenoxy) is 1. The number of hydrogen-bond donors (Lipinski definition) is 1. The van der Waals surface area contributed by atoms with Gasteiger partial charge in [-0.2, -0.15) is 0 Å². The molecule has 0 radical (unpaired) electrons. The summed E-state index contributed by atoms with van der Waals surface area (Å²) < 4.78 is 5.44. The average Bonchev–Trinajstić information content (AvgIpc) is 3.08. The first kappa shape index (κ1) is 30.4. The lowest BCUT2D eigenvalue weighted by atomic mass is 9.91. The molecule has 6 rings (SSSR count). The Kier molecular flexibility index (Phi) is 9.69. The van der Waals surface area contributed by atoms with Crippen LogP contribution in [0.1, 0.15) is 62.5 Å². The van der Waals surface area contributed by atoms with E-state index in [-0.39, 0.29) is 30.3 Å². The van der Waals surface area contributed by atoms with Crippen LogP contribution in [0.4, 0.5) is 10.5 Å². The number of carbonyl (C=O) groups is 3. The van der Waals surface area contributed by atoms with Crippen molar-refractivity contribution < 1.29 is 19.1 Å². The second-order valence-electron chi connectivity index (χ2n) is 12.9. The molecule has 9 nitrogen and oxygen atoms in total. The molecule has 236 valence electrons. The number of fused-ring (bicyclic) bond motifs is 1. The fraction of sp³-hybridized carbons (Fsp3) is 0.571. The fourth-order valence-corrected chi connectivity index (χ4v) is 7.61. The number of urea groups is 1. The second kappa shape index (κ2) is 14.0. The summed E-state index contributed by atoms with van der Waals surface area (Å²) in [6.07, 6.45) is 8.08. The van der Waals surface area contributed by atoms with E-state index in [0.717, 1.165) is 61.3 Å². The predicted octanol–water partition coefficient (Wildman–Crippen LogP) is 4.76. The van der Waals surface area contributed by atoms with Gasteiger partial charge in [-0.15, -0.1) is 0 Å². The predicted molar refractivity (Wildman–Crippen MR) is 170 cm³/mol. The molecule has 4 amide bonds. The molecule has 0 spiro atoms. The Hall–Kier alpha value is -3.59. The number of nitrogens with zero attached hydrogens (tertiary/aromatic N) is 4. The molecule has 44 heavy (non-hydrogen) atoms. The monoisotopic (exact) mass is 601 g/mol. The molecule has 2 aromatic rings. The van der Waals surface area contributed by atoms with E-state index in [1.54, 1.807) is 7.11 Å². The van der Waals surface area contributed by atoms with Crippen molar-refractivity contribution in [1.82, 2.24) is 19.6 Å². The molecule has 4 aliphatic rings. The number of carbonyl (C=O) groups excluding carboxylic acids is 3. The number of benzene rings is 2. The van der Waals surface area contributed by atoms with Gasteiger partial charge in [0, 0.05) is 56.9 Å². The Labute approximate surface area is 261 Å². The summed E-state index contributed by atoms with van der Waals surface area (Å²) in [5.41, 5.74) is 3.00. The molecule has 3 saturated heterocycles. The number of likely N-dealkylation sites (tertiary alicyclic amines) is 3. The van der Waals surface area contributed by atoms with Gasteiger partial charge in [-0.1, -0.05) is 36.8 Å². The number of anilines is 1. The van der Waals surface area contributed by atoms with E-state index in [2.05, 4.69) is 16.3 Å². The number of nitrogens with one attached hydrogen (secondary N) is 1. The number of rotatable bonds is 8. The lowest BCUT2D eigenvalue weighted by Gasteiger charge is -2.41. The standard InChI is InChI=1S/C35H47N5O4/c1-44-31-10-7-8-26(23-31)22-28(34(42)39-20-12-29(13-21-39)37-16-5-2-6-17-37)24-33(41)38-18-14-30(15-19-38)40-25-27-9-3-4-11-32(27)36-35(40)43/h3-4,7-11,23,28-30H,2,5-6,12-22,24-25H2,1H3,(H,36,43). The first-order chi connectivity index (χ1) is 21.5. The minimum absolute atomic E-state index is 0.0290. The first-order valence-corrected chi connectivity index (χ1v) is 16.6. The van der Waals surface area contributed by atoms with Gasteiger partial charge in [0.1, 0.15) is 5.75 Å². The van der Waals surface area contributed by atoms with Crippen molar-refractivity contribution in [3.8, 4) is 5.75 Å². The Bertz CT molecular complexity index is 1310. The van der Waals surface area contributed by atoms with Crippen LogP contribution >= 0.6 is 0 Å². The lowest BCUT2D eigenvalue weighted by Crippen LogP contribution is -2.52. The Morgan fingerprint density at radius 1 is 0.864 bits per heavy atom. The van der Waals surface area contributed by atoms with Crippen LogP contribution in [0.5, 0.6) is 5.75 Å². The molecular weight excluding hydrogens is 554 g/mol. The Balaban J connectivity index is 1.08. The second-order valence-corrected chi connectivity index (χ2v) is 12.9. The van der Waals surface area contributed by atoms with Crippen LogP contribution in [0.3, 0.4) is 0 Å². The van der Waals surface area contributed by atoms with Crippen molar-refractivity contribution in [3.63, 3.8) is 0 Å². The molecule has 1 N–H and O–H groups in total. The smallest absolute Gasteiger partial charge is 0.322 e. The van der Waals surface area contributed by atoms with Crippen LogP contribution in [-0.4, -0.2) is 95.9 Å². The summed E-state index contributed by atoms with van der Waals surface area (Å²) >= 11 is 0. The maximum absolute atomic E-state index is 14.0. The summed E-state index contributed by atoms with van der Waals surface area (Å²) in [6.45, 7) is 5.65. The summed E-state index contributed by atoms with van der Waals surface area (Å²) in [5.74, 6) is 0.468. The van der Waals surface area contributed by atoms with E-state index < -0.39 is 5.92 Å². The summed E-state index contributed by atoms with van der Waals surface area (Å²) in [7, 11) is 1.65. The number of methoxy groups -OCH3 is 1. The largest absolute Gasteiger partial charge is 0.497 e. The van der Waals surface area contributed by atoms with Crippen LogP contribution < -0.4 is 10.1 Å². The molecule has 0 saturated carbocycles. The first-order valence-electron chi connectivity index (χ1n) is 16.6. The molecule has 4 aliphatic heterocycles. The summed E-state index contributed by atoms with van der Waals surface area (Å²) in [4.78, 5) is 49.0. The van der Waals surface area contributed by atoms with Crippen molar-refractivity contribution in [2.24, 2.45) is 5.92 Å². The van der Waals surface area contributed by atoms with Crippen LogP contribution in [0.2, 0.25) is 0 Å². The topological polar surface area (TPSA) is 85.4 Å². The summed E-state index contributed by atoms with van der Waals surface area (Å²) in [6, 6.07) is 16.3. The number of para-hydroxylation sites is 1. The van der Waals surface area contributed by atoms with Gasteiger partial charge >= 0.3 is 6.03 Å². The SMILES string of the molecule is COc1cccc(CC(CC(=O)N2CCC(N3Cc4ccccc4NC3=O)CC2)C(=O)N2CCC(N3CCCCC3)CC2)c1. The van der Waals surface area contributed by atoms with E-state index in [1.165, 1.54) is 32.4 Å². The number of amides is 4. The highest BCUT2D eigenvalue weighted by Crippen LogP contribution is 2.29. The molecule has 0 aliphatic carbocycles. The highest BCUT2D eigenvalue weighted by Gasteiger charge is 2.36. The number of piperidine rings is 3. The third kappa shape index (κ3) is 7.04. The highest BCUT2D eigenvalue weighted by atomic mass is 16.5. The van der Waals surface area contributed by atoms with Crippen molar-refractivity contribution in [2.75, 3.05) is 51.7 Å². The van der Waals surface area contributed by atoms with E-state index in [0.29, 0.717) is 32.1 Å². The molecule has 3 fully saturated rings. The van der Waals surface area contributed by atoms with Crippen molar-refractivity contribution >= 4 is 23.5 Å². The van der Waals surface area contributed by atoms with Crippen molar-refractivity contribution in [3.05, 3.63) is 59.7 Å². The van der Waals surface area contributed by atoms with Gasteiger partial charge in [0.2, 0.25) is 11.8 Å². The molecule has 0 bridgehead atoms. The van der Waals surface area contributed by atoms with Gasteiger partial charge in [-0.3, -0.25) is 9.59 Å². The maximum Gasteiger partial charge on any atom is 0.322 e. The minimum Gasteiger partial charge on any atom is -0.497 e. The zero-order valence-electron chi connectivity index (χ0n) is 26.1. The third-order valence-electron chi connectivity index (χ3n) is 10.2. The number of hydrogen-bond acceptors (Lipinski definition) is 5. The quantitative estimate of drug-likeness (QED) is 0.472. The molecule has 2 aromatic carbocycles. The van der Waals surface area contributed by atoms with Crippen LogP contribution in [0, 0.1) is 5.92 Å². The van der Waals surface area contributed by atoms with Gasteiger partial charge in [-0.05, 0) is 87.4 Å². The zero-order valence-corrected chi connectivity index (χ0v) is 26.1. The van der Waals surface area contributed by atoms with E-state index in [1.807, 2.05) is 57.2 Å². The Morgan fingerprint density at radius 3 is 2.32 bits per heavy atom. The van der Waals surface area contributed by atoms with Crippen molar-refractivity contribution in [1.29, 1.82) is 0 Å². The van der Waals surface area contributed by atoms with Gasteiger partial charge in [0.05, 0.1) is 13.0 Å². The maximum atomic E-state index is 14.0. The Morgan fingerprint density at radius 2 is 1.57 bits per heavy atom. The minimum atomic E-state index is -0.414. The van der Waals surface area contributed by atoms with Gasteiger partial charge in [0.15, 0.2) is 0 Å². The van der Waals surface area contributed by atoms with E-state index >= 15 is 0 Å². The molecule has 4 heterocycles. The van der Waals surface area contributed by atoms with E-state index in [4.69, 9.17) is 4.74 Å². The van der Waals surface area contributed by atoms with E-state index in [9.17, 15) is 14.4 Å². The van der Waals surface area contributed by atoms with Crippen molar-refractivity contribution in [2.45, 2.75) is 76.4 Å².